The molecule has 1 aliphatic heterocycles. The smallest absolute Gasteiger partial charge is 0.143 e. The Labute approximate surface area is 99.2 Å². The van der Waals surface area contributed by atoms with Crippen LogP contribution in [0, 0.1) is 0 Å². The van der Waals surface area contributed by atoms with Crippen LogP contribution in [-0.2, 0) is 4.79 Å². The number of fused-ring (bicyclic) bond motifs is 2. The lowest BCUT2D eigenvalue weighted by Crippen LogP contribution is -2.02. The second-order valence-corrected chi connectivity index (χ2v) is 3.81. The number of aldehydes is 1. The van der Waals surface area contributed by atoms with Gasteiger partial charge in [0.05, 0.1) is 0 Å². The second kappa shape index (κ2) is 3.91. The summed E-state index contributed by atoms with van der Waals surface area (Å²) >= 11 is 0. The van der Waals surface area contributed by atoms with E-state index in [-0.39, 0.29) is 0 Å². The van der Waals surface area contributed by atoms with Gasteiger partial charge in [-0.2, -0.15) is 0 Å². The lowest BCUT2D eigenvalue weighted by Gasteiger charge is -2.22. The van der Waals surface area contributed by atoms with E-state index in [9.17, 15) is 4.79 Å². The summed E-state index contributed by atoms with van der Waals surface area (Å²) in [6, 6.07) is 15.5. The summed E-state index contributed by atoms with van der Waals surface area (Å²) in [6.07, 6.45) is 2.40. The van der Waals surface area contributed by atoms with E-state index in [1.165, 1.54) is 0 Å². The summed E-state index contributed by atoms with van der Waals surface area (Å²) in [6.45, 7) is 0. The maximum absolute atomic E-state index is 10.8. The molecular formula is C15H10O2. The van der Waals surface area contributed by atoms with Gasteiger partial charge in [0, 0.05) is 11.1 Å². The Bertz CT molecular complexity index is 564. The van der Waals surface area contributed by atoms with Crippen LogP contribution >= 0.6 is 0 Å². The molecule has 2 aromatic rings. The van der Waals surface area contributed by atoms with Crippen LogP contribution in [0.4, 0.5) is 0 Å². The molecule has 1 heterocycles. The molecule has 2 aromatic carbocycles. The van der Waals surface area contributed by atoms with Crippen molar-refractivity contribution in [3.8, 4) is 11.5 Å². The van der Waals surface area contributed by atoms with E-state index in [0.717, 1.165) is 34.5 Å². The zero-order valence-corrected chi connectivity index (χ0v) is 9.09. The van der Waals surface area contributed by atoms with Crippen LogP contribution in [0.5, 0.6) is 11.5 Å². The number of hydrogen-bond donors (Lipinski definition) is 0. The van der Waals surface area contributed by atoms with Crippen molar-refractivity contribution in [1.29, 1.82) is 0 Å². The van der Waals surface area contributed by atoms with E-state index < -0.39 is 0 Å². The molecule has 0 aromatic heterocycles. The van der Waals surface area contributed by atoms with Crippen LogP contribution in [0.15, 0.2) is 54.6 Å². The molecule has 3 rings (SSSR count). The molecule has 0 saturated carbocycles. The summed E-state index contributed by atoms with van der Waals surface area (Å²) in [7, 11) is 0. The molecule has 0 fully saturated rings. The highest BCUT2D eigenvalue weighted by Crippen LogP contribution is 2.42. The second-order valence-electron chi connectivity index (χ2n) is 3.81. The van der Waals surface area contributed by atoms with Gasteiger partial charge >= 0.3 is 0 Å². The zero-order chi connectivity index (χ0) is 11.7. The average Bonchev–Trinajstić information content (AvgIpc) is 2.39. The van der Waals surface area contributed by atoms with Gasteiger partial charge in [-0.3, -0.25) is 4.79 Å². The number of carbonyl (C=O) groups excluding carboxylic acids is 1. The molecule has 17 heavy (non-hydrogen) atoms. The normalized spacial score (nSPS) is 12.1. The van der Waals surface area contributed by atoms with E-state index >= 15 is 0 Å². The molecule has 0 radical (unpaired) electrons. The molecule has 0 saturated heterocycles. The van der Waals surface area contributed by atoms with Gasteiger partial charge in [-0.15, -0.1) is 0 Å². The summed E-state index contributed by atoms with van der Waals surface area (Å²) in [4.78, 5) is 10.8. The van der Waals surface area contributed by atoms with Gasteiger partial charge in [-0.1, -0.05) is 36.4 Å². The van der Waals surface area contributed by atoms with E-state index in [1.807, 2.05) is 48.5 Å². The Hall–Kier alpha value is -2.35. The third-order valence-corrected chi connectivity index (χ3v) is 2.81. The van der Waals surface area contributed by atoms with Crippen molar-refractivity contribution in [3.63, 3.8) is 0 Å². The third kappa shape index (κ3) is 1.54. The summed E-state index contributed by atoms with van der Waals surface area (Å²) in [5.74, 6) is 1.58. The molecule has 2 heteroatoms. The number of carbonyl (C=O) groups is 1. The number of para-hydroxylation sites is 2. The van der Waals surface area contributed by atoms with Crippen LogP contribution < -0.4 is 4.74 Å². The van der Waals surface area contributed by atoms with Crippen molar-refractivity contribution >= 4 is 11.9 Å². The summed E-state index contributed by atoms with van der Waals surface area (Å²) < 4.78 is 5.80. The first-order chi connectivity index (χ1) is 8.40. The lowest BCUT2D eigenvalue weighted by atomic mass is 9.94. The number of benzene rings is 2. The predicted octanol–water partition coefficient (Wildman–Crippen LogP) is 3.42. The number of ether oxygens (including phenoxy) is 1. The topological polar surface area (TPSA) is 26.3 Å². The van der Waals surface area contributed by atoms with Crippen LogP contribution in [0.2, 0.25) is 0 Å². The molecule has 0 amide bonds. The largest absolute Gasteiger partial charge is 0.456 e. The minimum atomic E-state index is 0.791. The first-order valence-electron chi connectivity index (χ1n) is 5.42. The number of hydrogen-bond acceptors (Lipinski definition) is 2. The van der Waals surface area contributed by atoms with Gasteiger partial charge in [0.15, 0.2) is 0 Å². The van der Waals surface area contributed by atoms with Crippen molar-refractivity contribution < 1.29 is 9.53 Å². The van der Waals surface area contributed by atoms with Crippen LogP contribution in [-0.4, -0.2) is 6.29 Å². The Balaban J connectivity index is 2.28. The quantitative estimate of drug-likeness (QED) is 0.466. The average molecular weight is 222 g/mol. The predicted molar refractivity (Wildman–Crippen MR) is 66.1 cm³/mol. The van der Waals surface area contributed by atoms with Gasteiger partial charge < -0.3 is 4.74 Å². The Morgan fingerprint density at radius 2 is 1.35 bits per heavy atom. The molecular weight excluding hydrogens is 212 g/mol. The molecule has 0 unspecified atom stereocenters. The van der Waals surface area contributed by atoms with Crippen LogP contribution in [0.1, 0.15) is 11.1 Å². The number of allylic oxidation sites excluding steroid dienone is 1. The zero-order valence-electron chi connectivity index (χ0n) is 9.09. The van der Waals surface area contributed by atoms with Crippen LogP contribution in [0.25, 0.3) is 5.57 Å². The molecule has 82 valence electrons. The molecule has 2 nitrogen and oxygen atoms in total. The molecule has 0 N–H and O–H groups in total. The van der Waals surface area contributed by atoms with Gasteiger partial charge in [-0.05, 0) is 23.8 Å². The third-order valence-electron chi connectivity index (χ3n) is 2.81. The highest BCUT2D eigenvalue weighted by atomic mass is 16.5. The summed E-state index contributed by atoms with van der Waals surface area (Å²) in [5.41, 5.74) is 2.83. The first kappa shape index (κ1) is 9.85. The van der Waals surface area contributed by atoms with Gasteiger partial charge in [0.2, 0.25) is 0 Å². The van der Waals surface area contributed by atoms with Crippen molar-refractivity contribution in [3.05, 3.63) is 65.7 Å². The standard InChI is InChI=1S/C15H10O2/c16-10-9-11-12-5-1-3-7-14(12)17-15-8-4-2-6-13(11)15/h1-10H. The van der Waals surface area contributed by atoms with E-state index in [0.29, 0.717) is 0 Å². The summed E-state index contributed by atoms with van der Waals surface area (Å²) in [5, 5.41) is 0. The maximum atomic E-state index is 10.8. The molecule has 0 bridgehead atoms. The Morgan fingerprint density at radius 1 is 0.824 bits per heavy atom. The van der Waals surface area contributed by atoms with E-state index in [1.54, 1.807) is 6.08 Å². The van der Waals surface area contributed by atoms with Crippen molar-refractivity contribution in [2.45, 2.75) is 0 Å². The number of rotatable bonds is 1. The fraction of sp³-hybridized carbons (Fsp3) is 0. The highest BCUT2D eigenvalue weighted by Gasteiger charge is 2.20. The minimum absolute atomic E-state index is 0.791. The van der Waals surface area contributed by atoms with Crippen molar-refractivity contribution in [2.75, 3.05) is 0 Å². The van der Waals surface area contributed by atoms with Crippen LogP contribution in [0.3, 0.4) is 0 Å². The molecule has 1 aliphatic rings. The Morgan fingerprint density at radius 3 is 1.88 bits per heavy atom. The Kier molecular flexibility index (Phi) is 2.26. The fourth-order valence-corrected chi connectivity index (χ4v) is 2.07. The fourth-order valence-electron chi connectivity index (χ4n) is 2.07. The first-order valence-corrected chi connectivity index (χ1v) is 5.42. The molecule has 0 aliphatic carbocycles. The van der Waals surface area contributed by atoms with Crippen molar-refractivity contribution in [2.24, 2.45) is 0 Å². The minimum Gasteiger partial charge on any atom is -0.456 e. The van der Waals surface area contributed by atoms with Gasteiger partial charge in [0.1, 0.15) is 17.8 Å². The molecule has 0 atom stereocenters. The maximum Gasteiger partial charge on any atom is 0.143 e. The monoisotopic (exact) mass is 222 g/mol. The van der Waals surface area contributed by atoms with Gasteiger partial charge in [0.25, 0.3) is 0 Å². The molecule has 0 spiro atoms. The van der Waals surface area contributed by atoms with E-state index in [4.69, 9.17) is 4.74 Å². The lowest BCUT2D eigenvalue weighted by molar-refractivity contribution is -0.104. The van der Waals surface area contributed by atoms with Crippen molar-refractivity contribution in [1.82, 2.24) is 0 Å². The highest BCUT2D eigenvalue weighted by molar-refractivity contribution is 5.94. The SMILES string of the molecule is O=CC=C1c2ccccc2Oc2ccccc21. The van der Waals surface area contributed by atoms with Gasteiger partial charge in [-0.25, -0.2) is 0 Å². The van der Waals surface area contributed by atoms with E-state index in [2.05, 4.69) is 0 Å².